The molecule has 5 heteroatoms. The molecule has 0 atom stereocenters. The Morgan fingerprint density at radius 1 is 1.50 bits per heavy atom. The summed E-state index contributed by atoms with van der Waals surface area (Å²) in [6, 6.07) is 0.124. The molecule has 0 amide bonds. The highest BCUT2D eigenvalue weighted by Gasteiger charge is 2.20. The van der Waals surface area contributed by atoms with E-state index in [1.54, 1.807) is 6.92 Å². The zero-order valence-corrected chi connectivity index (χ0v) is 9.14. The van der Waals surface area contributed by atoms with Gasteiger partial charge in [0.2, 0.25) is 0 Å². The number of hydrogen-bond donors (Lipinski definition) is 1. The van der Waals surface area contributed by atoms with Crippen LogP contribution in [0.1, 0.15) is 47.8 Å². The molecular formula is C11H14N2O3. The van der Waals surface area contributed by atoms with Crippen molar-refractivity contribution in [2.75, 3.05) is 0 Å². The molecule has 0 radical (unpaired) electrons. The molecule has 2 rings (SSSR count). The fourth-order valence-electron chi connectivity index (χ4n) is 2.20. The summed E-state index contributed by atoms with van der Waals surface area (Å²) in [5, 5.41) is 8.97. The lowest BCUT2D eigenvalue weighted by Gasteiger charge is -2.13. The zero-order chi connectivity index (χ0) is 11.7. The van der Waals surface area contributed by atoms with E-state index in [9.17, 15) is 9.59 Å². The van der Waals surface area contributed by atoms with Gasteiger partial charge in [0.25, 0.3) is 0 Å². The van der Waals surface area contributed by atoms with Crippen molar-refractivity contribution in [1.29, 1.82) is 0 Å². The third kappa shape index (κ3) is 1.85. The molecule has 0 bridgehead atoms. The molecule has 0 aliphatic heterocycles. The Labute approximate surface area is 92.7 Å². The summed E-state index contributed by atoms with van der Waals surface area (Å²) in [4.78, 5) is 26.4. The number of nitrogens with zero attached hydrogens (tertiary/aromatic N) is 2. The van der Waals surface area contributed by atoms with Gasteiger partial charge >= 0.3 is 11.7 Å². The molecule has 0 unspecified atom stereocenters. The summed E-state index contributed by atoms with van der Waals surface area (Å²) in [5.74, 6) is -1.03. The van der Waals surface area contributed by atoms with Crippen LogP contribution in [-0.2, 0) is 0 Å². The first kappa shape index (κ1) is 10.9. The summed E-state index contributed by atoms with van der Waals surface area (Å²) in [6.45, 7) is 1.55. The maximum Gasteiger partial charge on any atom is 0.348 e. The molecule has 1 fully saturated rings. The second-order valence-electron chi connectivity index (χ2n) is 4.17. The van der Waals surface area contributed by atoms with Crippen molar-refractivity contribution in [3.8, 4) is 0 Å². The van der Waals surface area contributed by atoms with Gasteiger partial charge in [0.15, 0.2) is 0 Å². The second-order valence-corrected chi connectivity index (χ2v) is 4.17. The fourth-order valence-corrected chi connectivity index (χ4v) is 2.20. The first-order chi connectivity index (χ1) is 7.59. The summed E-state index contributed by atoms with van der Waals surface area (Å²) >= 11 is 0. The van der Waals surface area contributed by atoms with Crippen LogP contribution in [0, 0.1) is 6.92 Å². The number of aromatic nitrogens is 2. The molecule has 0 aromatic carbocycles. The van der Waals surface area contributed by atoms with Crippen LogP contribution in [0.3, 0.4) is 0 Å². The average Bonchev–Trinajstić information content (AvgIpc) is 2.70. The lowest BCUT2D eigenvalue weighted by molar-refractivity contribution is 0.0694. The molecule has 0 spiro atoms. The Morgan fingerprint density at radius 2 is 2.12 bits per heavy atom. The average molecular weight is 222 g/mol. The van der Waals surface area contributed by atoms with Gasteiger partial charge in [0, 0.05) is 12.2 Å². The summed E-state index contributed by atoms with van der Waals surface area (Å²) in [7, 11) is 0. The summed E-state index contributed by atoms with van der Waals surface area (Å²) < 4.78 is 1.48. The van der Waals surface area contributed by atoms with Crippen molar-refractivity contribution in [3.63, 3.8) is 0 Å². The zero-order valence-electron chi connectivity index (χ0n) is 9.14. The maximum absolute atomic E-state index is 11.7. The van der Waals surface area contributed by atoms with Gasteiger partial charge in [-0.05, 0) is 19.8 Å². The number of rotatable bonds is 2. The van der Waals surface area contributed by atoms with E-state index in [1.807, 2.05) is 0 Å². The van der Waals surface area contributed by atoms with Gasteiger partial charge in [0.05, 0.1) is 11.3 Å². The van der Waals surface area contributed by atoms with E-state index in [0.717, 1.165) is 25.7 Å². The molecule has 86 valence electrons. The fraction of sp³-hybridized carbons (Fsp3) is 0.545. The number of carbonyl (C=O) groups is 1. The molecule has 1 aliphatic carbocycles. The van der Waals surface area contributed by atoms with Gasteiger partial charge in [0.1, 0.15) is 0 Å². The van der Waals surface area contributed by atoms with E-state index in [2.05, 4.69) is 4.98 Å². The maximum atomic E-state index is 11.7. The predicted octanol–water partition coefficient (Wildman–Crippen LogP) is 1.37. The van der Waals surface area contributed by atoms with Gasteiger partial charge in [-0.1, -0.05) is 12.8 Å². The van der Waals surface area contributed by atoms with E-state index in [0.29, 0.717) is 0 Å². The van der Waals surface area contributed by atoms with Crippen LogP contribution in [-0.4, -0.2) is 20.6 Å². The van der Waals surface area contributed by atoms with Crippen molar-refractivity contribution in [3.05, 3.63) is 27.9 Å². The van der Waals surface area contributed by atoms with Crippen molar-refractivity contribution < 1.29 is 9.90 Å². The molecule has 1 heterocycles. The number of aryl methyl sites for hydroxylation is 1. The van der Waals surface area contributed by atoms with Crippen LogP contribution in [0.4, 0.5) is 0 Å². The first-order valence-electron chi connectivity index (χ1n) is 5.42. The van der Waals surface area contributed by atoms with E-state index < -0.39 is 5.97 Å². The molecule has 5 nitrogen and oxygen atoms in total. The van der Waals surface area contributed by atoms with Crippen molar-refractivity contribution in [2.24, 2.45) is 0 Å². The van der Waals surface area contributed by atoms with Crippen LogP contribution in [0.2, 0.25) is 0 Å². The van der Waals surface area contributed by atoms with Gasteiger partial charge in [-0.25, -0.2) is 9.59 Å². The van der Waals surface area contributed by atoms with Crippen LogP contribution in [0.25, 0.3) is 0 Å². The Bertz CT molecular complexity index is 473. The minimum absolute atomic E-state index is 0.117. The first-order valence-corrected chi connectivity index (χ1v) is 5.42. The molecule has 0 saturated heterocycles. The highest BCUT2D eigenvalue weighted by Crippen LogP contribution is 2.28. The van der Waals surface area contributed by atoms with Crippen LogP contribution in [0.5, 0.6) is 0 Å². The normalized spacial score (nSPS) is 16.6. The quantitative estimate of drug-likeness (QED) is 0.820. The number of hydrogen-bond acceptors (Lipinski definition) is 3. The SMILES string of the molecule is Cc1nc(=O)n(C2CCCC2)cc1C(=O)O. The highest BCUT2D eigenvalue weighted by atomic mass is 16.4. The Balaban J connectivity index is 2.48. The van der Waals surface area contributed by atoms with E-state index in [4.69, 9.17) is 5.11 Å². The van der Waals surface area contributed by atoms with Crippen LogP contribution >= 0.6 is 0 Å². The van der Waals surface area contributed by atoms with Crippen molar-refractivity contribution in [2.45, 2.75) is 38.6 Å². The molecule has 1 aromatic heterocycles. The monoisotopic (exact) mass is 222 g/mol. The Morgan fingerprint density at radius 3 is 2.69 bits per heavy atom. The third-order valence-electron chi connectivity index (χ3n) is 3.09. The molecular weight excluding hydrogens is 208 g/mol. The Hall–Kier alpha value is -1.65. The second kappa shape index (κ2) is 4.08. The van der Waals surface area contributed by atoms with E-state index >= 15 is 0 Å². The van der Waals surface area contributed by atoms with Crippen molar-refractivity contribution in [1.82, 2.24) is 9.55 Å². The lowest BCUT2D eigenvalue weighted by atomic mass is 10.2. The number of aromatic carboxylic acids is 1. The highest BCUT2D eigenvalue weighted by molar-refractivity contribution is 5.88. The van der Waals surface area contributed by atoms with Gasteiger partial charge in [-0.15, -0.1) is 0 Å². The minimum atomic E-state index is -1.03. The molecule has 16 heavy (non-hydrogen) atoms. The summed E-state index contributed by atoms with van der Waals surface area (Å²) in [5.41, 5.74) is 0.0626. The number of carboxylic acids is 1. The van der Waals surface area contributed by atoms with Gasteiger partial charge in [-0.2, -0.15) is 4.98 Å². The van der Waals surface area contributed by atoms with Crippen molar-refractivity contribution >= 4 is 5.97 Å². The minimum Gasteiger partial charge on any atom is -0.478 e. The Kier molecular flexibility index (Phi) is 2.77. The molecule has 1 aromatic rings. The topological polar surface area (TPSA) is 72.2 Å². The standard InChI is InChI=1S/C11H14N2O3/c1-7-9(10(14)15)6-13(11(16)12-7)8-4-2-3-5-8/h6,8H,2-5H2,1H3,(H,14,15). The molecule has 1 aliphatic rings. The van der Waals surface area contributed by atoms with E-state index in [-0.39, 0.29) is 23.0 Å². The molecule has 1 saturated carbocycles. The van der Waals surface area contributed by atoms with Crippen LogP contribution < -0.4 is 5.69 Å². The smallest absolute Gasteiger partial charge is 0.348 e. The predicted molar refractivity (Wildman–Crippen MR) is 57.7 cm³/mol. The van der Waals surface area contributed by atoms with Gasteiger partial charge in [-0.3, -0.25) is 4.57 Å². The molecule has 1 N–H and O–H groups in total. The third-order valence-corrected chi connectivity index (χ3v) is 3.09. The summed E-state index contributed by atoms with van der Waals surface area (Å²) in [6.07, 6.45) is 5.48. The lowest BCUT2D eigenvalue weighted by Crippen LogP contribution is -2.28. The largest absolute Gasteiger partial charge is 0.478 e. The van der Waals surface area contributed by atoms with Gasteiger partial charge < -0.3 is 5.11 Å². The van der Waals surface area contributed by atoms with E-state index in [1.165, 1.54) is 10.8 Å². The van der Waals surface area contributed by atoms with Crippen LogP contribution in [0.15, 0.2) is 11.0 Å². The number of carboxylic acid groups (broad SMARTS) is 1.